The van der Waals surface area contributed by atoms with Crippen molar-refractivity contribution in [1.82, 2.24) is 0 Å². The van der Waals surface area contributed by atoms with Crippen LogP contribution in [0, 0.1) is 28.6 Å². The first-order chi connectivity index (χ1) is 17.7. The highest BCUT2D eigenvalue weighted by Gasteiger charge is 2.68. The Morgan fingerprint density at radius 1 is 1.11 bits per heavy atom. The number of carboxylic acids is 1. The number of aliphatic hydroxyl groups is 5. The lowest BCUT2D eigenvalue weighted by Gasteiger charge is -2.59. The van der Waals surface area contributed by atoms with E-state index in [1.807, 2.05) is 19.9 Å². The molecule has 0 aromatic rings. The average molecular weight is 537 g/mol. The lowest BCUT2D eigenvalue weighted by molar-refractivity contribution is -0.293. The van der Waals surface area contributed by atoms with Gasteiger partial charge in [0.1, 0.15) is 30.5 Å². The molecule has 0 aromatic carbocycles. The van der Waals surface area contributed by atoms with Crippen molar-refractivity contribution in [2.24, 2.45) is 28.6 Å². The van der Waals surface area contributed by atoms with Crippen LogP contribution in [0.1, 0.15) is 46.0 Å². The van der Waals surface area contributed by atoms with Crippen molar-refractivity contribution < 1.29 is 54.5 Å². The van der Waals surface area contributed by atoms with Crippen LogP contribution in [0.5, 0.6) is 0 Å². The van der Waals surface area contributed by atoms with Crippen LogP contribution in [0.3, 0.4) is 0 Å². The zero-order valence-corrected chi connectivity index (χ0v) is 21.4. The van der Waals surface area contributed by atoms with E-state index in [0.717, 1.165) is 12.0 Å². The number of aliphatic hydroxyl groups excluding tert-OH is 4. The molecular weight excluding hydrogens is 500 g/mol. The summed E-state index contributed by atoms with van der Waals surface area (Å²) in [7, 11) is 0. The smallest absolute Gasteiger partial charge is 0.335 e. The molecule has 3 unspecified atom stereocenters. The van der Waals surface area contributed by atoms with E-state index in [2.05, 4.69) is 0 Å². The van der Waals surface area contributed by atoms with E-state index in [4.69, 9.17) is 9.47 Å². The third kappa shape index (κ3) is 3.86. The quantitative estimate of drug-likeness (QED) is 0.265. The summed E-state index contributed by atoms with van der Waals surface area (Å²) in [6.07, 6.45) is -2.60. The van der Waals surface area contributed by atoms with Gasteiger partial charge in [0.2, 0.25) is 0 Å². The van der Waals surface area contributed by atoms with Crippen LogP contribution >= 0.6 is 0 Å². The molecule has 4 aliphatic carbocycles. The van der Waals surface area contributed by atoms with Gasteiger partial charge < -0.3 is 40.1 Å². The highest BCUT2D eigenvalue weighted by Crippen LogP contribution is 2.67. The molecule has 0 spiro atoms. The van der Waals surface area contributed by atoms with Gasteiger partial charge in [-0.1, -0.05) is 25.5 Å². The van der Waals surface area contributed by atoms with E-state index in [0.29, 0.717) is 12.8 Å². The Morgan fingerprint density at radius 3 is 2.50 bits per heavy atom. The number of fused-ring (bicyclic) bond motifs is 5. The Balaban J connectivity index is 1.34. The molecule has 5 rings (SSSR count). The first kappa shape index (κ1) is 27.6. The van der Waals surface area contributed by atoms with Gasteiger partial charge in [0, 0.05) is 16.7 Å². The summed E-state index contributed by atoms with van der Waals surface area (Å²) in [5, 5.41) is 62.5. The standard InChI is InChI=1S/C27H36O11/c1-25-7-5-13(28)9-12(25)3-4-14-15-6-8-27(36,26(15,2)10-16(29)18(14)25)17(30)11-37-24-21(33)19(31)20(32)22(38-24)23(34)35/h5,7,9,14-16,18-22,24,29,31-33,36H,3-4,6,8,10-11H2,1-2H3,(H,34,35)/t14?,15?,16-,18?,19-,20-,21+,22-,24+,25-,26-,27-/m0/s1. The molecule has 210 valence electrons. The normalized spacial score (nSPS) is 50.0. The number of aliphatic carboxylic acids is 1. The summed E-state index contributed by atoms with van der Waals surface area (Å²) in [5.74, 6) is -2.54. The molecule has 12 atom stereocenters. The molecule has 0 amide bonds. The van der Waals surface area contributed by atoms with Gasteiger partial charge in [-0.3, -0.25) is 9.59 Å². The maximum absolute atomic E-state index is 13.5. The topological polar surface area (TPSA) is 191 Å². The summed E-state index contributed by atoms with van der Waals surface area (Å²) in [6, 6.07) is 0. The molecule has 4 fully saturated rings. The van der Waals surface area contributed by atoms with Crippen LogP contribution < -0.4 is 0 Å². The molecule has 11 nitrogen and oxygen atoms in total. The molecule has 5 aliphatic rings. The van der Waals surface area contributed by atoms with E-state index < -0.39 is 71.6 Å². The van der Waals surface area contributed by atoms with Gasteiger partial charge in [-0.2, -0.15) is 0 Å². The van der Waals surface area contributed by atoms with Crippen LogP contribution in [0.15, 0.2) is 23.8 Å². The average Bonchev–Trinajstić information content (AvgIpc) is 3.13. The van der Waals surface area contributed by atoms with Crippen LogP contribution in [-0.4, -0.2) is 97.2 Å². The highest BCUT2D eigenvalue weighted by molar-refractivity contribution is 6.01. The van der Waals surface area contributed by atoms with E-state index in [9.17, 15) is 45.0 Å². The Labute approximate surface area is 219 Å². The third-order valence-electron chi connectivity index (χ3n) is 10.3. The van der Waals surface area contributed by atoms with Crippen LogP contribution in [0.25, 0.3) is 0 Å². The highest BCUT2D eigenvalue weighted by atomic mass is 16.7. The van der Waals surface area contributed by atoms with Crippen molar-refractivity contribution in [1.29, 1.82) is 0 Å². The predicted octanol–water partition coefficient (Wildman–Crippen LogP) is -0.526. The number of carbonyl (C=O) groups excluding carboxylic acids is 2. The molecular formula is C27H36O11. The van der Waals surface area contributed by atoms with Crippen LogP contribution in [-0.2, 0) is 23.9 Å². The van der Waals surface area contributed by atoms with E-state index >= 15 is 0 Å². The van der Waals surface area contributed by atoms with Crippen molar-refractivity contribution in [2.45, 2.75) is 88.4 Å². The molecule has 6 N–H and O–H groups in total. The van der Waals surface area contributed by atoms with Crippen LogP contribution in [0.4, 0.5) is 0 Å². The number of hydrogen-bond donors (Lipinski definition) is 6. The monoisotopic (exact) mass is 536 g/mol. The maximum atomic E-state index is 13.5. The number of hydrogen-bond acceptors (Lipinski definition) is 10. The van der Waals surface area contributed by atoms with Crippen molar-refractivity contribution in [2.75, 3.05) is 6.61 Å². The summed E-state index contributed by atoms with van der Waals surface area (Å²) in [5.41, 5.74) is -2.29. The van der Waals surface area contributed by atoms with Gasteiger partial charge in [0.25, 0.3) is 0 Å². The van der Waals surface area contributed by atoms with Crippen molar-refractivity contribution in [3.8, 4) is 0 Å². The second-order valence-corrected chi connectivity index (χ2v) is 12.1. The number of rotatable bonds is 5. The van der Waals surface area contributed by atoms with Gasteiger partial charge in [-0.05, 0) is 56.1 Å². The first-order valence-electron chi connectivity index (χ1n) is 13.2. The van der Waals surface area contributed by atoms with Gasteiger partial charge in [0.05, 0.1) is 6.10 Å². The first-order valence-corrected chi connectivity index (χ1v) is 13.2. The zero-order chi connectivity index (χ0) is 27.8. The minimum absolute atomic E-state index is 0.0166. The molecule has 0 aromatic heterocycles. The molecule has 38 heavy (non-hydrogen) atoms. The third-order valence-corrected chi connectivity index (χ3v) is 10.3. The lowest BCUT2D eigenvalue weighted by atomic mass is 9.46. The van der Waals surface area contributed by atoms with Crippen molar-refractivity contribution >= 4 is 17.5 Å². The Hall–Kier alpha value is -1.99. The number of allylic oxidation sites excluding steroid dienone is 4. The second kappa shape index (κ2) is 9.29. The molecule has 1 aliphatic heterocycles. The van der Waals surface area contributed by atoms with E-state index in [1.54, 1.807) is 12.2 Å². The SMILES string of the molecule is C[C@]12C=CC(=O)C=C1CCC1C2[C@@H](O)C[C@@]2(C)C1CC[C@]2(O)C(=O)CO[C@@H]1O[C@H](C(=O)O)[C@@H](O)[C@H](O)[C@H]1O. The summed E-state index contributed by atoms with van der Waals surface area (Å²) in [6.45, 7) is 3.12. The number of carbonyl (C=O) groups is 3. The number of Topliss-reactive ketones (excluding diaryl/α,β-unsaturated/α-hetero) is 1. The summed E-state index contributed by atoms with van der Waals surface area (Å²) >= 11 is 0. The fourth-order valence-corrected chi connectivity index (χ4v) is 8.26. The number of ketones is 2. The summed E-state index contributed by atoms with van der Waals surface area (Å²) < 4.78 is 10.4. The maximum Gasteiger partial charge on any atom is 0.335 e. The largest absolute Gasteiger partial charge is 0.479 e. The van der Waals surface area contributed by atoms with Gasteiger partial charge in [-0.15, -0.1) is 0 Å². The van der Waals surface area contributed by atoms with Crippen molar-refractivity contribution in [3.63, 3.8) is 0 Å². The molecule has 1 heterocycles. The van der Waals surface area contributed by atoms with Crippen molar-refractivity contribution in [3.05, 3.63) is 23.8 Å². The molecule has 0 radical (unpaired) electrons. The molecule has 0 bridgehead atoms. The number of ether oxygens (including phenoxy) is 2. The minimum Gasteiger partial charge on any atom is -0.479 e. The van der Waals surface area contributed by atoms with E-state index in [-0.39, 0.29) is 36.4 Å². The minimum atomic E-state index is -1.89. The Morgan fingerprint density at radius 2 is 1.82 bits per heavy atom. The number of carboxylic acid groups (broad SMARTS) is 1. The fourth-order valence-electron chi connectivity index (χ4n) is 8.26. The summed E-state index contributed by atoms with van der Waals surface area (Å²) in [4.78, 5) is 36.8. The fraction of sp³-hybridized carbons (Fsp3) is 0.741. The van der Waals surface area contributed by atoms with Gasteiger partial charge in [0.15, 0.2) is 24.0 Å². The Kier molecular flexibility index (Phi) is 6.74. The second-order valence-electron chi connectivity index (χ2n) is 12.1. The van der Waals surface area contributed by atoms with Gasteiger partial charge >= 0.3 is 5.97 Å². The molecule has 11 heteroatoms. The van der Waals surface area contributed by atoms with Crippen LogP contribution in [0.2, 0.25) is 0 Å². The van der Waals surface area contributed by atoms with E-state index in [1.165, 1.54) is 0 Å². The zero-order valence-electron chi connectivity index (χ0n) is 21.4. The predicted molar refractivity (Wildman–Crippen MR) is 128 cm³/mol. The molecule has 1 saturated heterocycles. The lowest BCUT2D eigenvalue weighted by Crippen LogP contribution is -2.62. The van der Waals surface area contributed by atoms with Gasteiger partial charge in [-0.25, -0.2) is 4.79 Å². The Bertz CT molecular complexity index is 1080. The molecule has 3 saturated carbocycles.